The van der Waals surface area contributed by atoms with Gasteiger partial charge in [-0.1, -0.05) is 15.9 Å². The molecule has 2 aromatic rings. The van der Waals surface area contributed by atoms with Crippen LogP contribution in [0.5, 0.6) is 0 Å². The molecule has 0 fully saturated rings. The zero-order chi connectivity index (χ0) is 14.2. The van der Waals surface area contributed by atoms with Crippen molar-refractivity contribution in [1.29, 1.82) is 0 Å². The van der Waals surface area contributed by atoms with Crippen molar-refractivity contribution in [3.63, 3.8) is 0 Å². The summed E-state index contributed by atoms with van der Waals surface area (Å²) in [7, 11) is 0. The third-order valence-corrected chi connectivity index (χ3v) is 2.91. The normalized spacial score (nSPS) is 10.4. The predicted molar refractivity (Wildman–Crippen MR) is 71.2 cm³/mol. The Morgan fingerprint density at radius 2 is 2.05 bits per heavy atom. The zero-order valence-corrected chi connectivity index (χ0v) is 11.1. The first-order chi connectivity index (χ1) is 8.90. The first-order valence-corrected chi connectivity index (χ1v) is 5.87. The van der Waals surface area contributed by atoms with Crippen molar-refractivity contribution in [1.82, 2.24) is 9.78 Å². The number of carbonyl (C=O) groups excluding carboxylic acids is 1. The Bertz CT molecular complexity index is 681. The molecule has 0 saturated carbocycles. The van der Waals surface area contributed by atoms with Gasteiger partial charge in [0.05, 0.1) is 23.1 Å². The van der Waals surface area contributed by atoms with Gasteiger partial charge in [0.25, 0.3) is 5.91 Å². The highest BCUT2D eigenvalue weighted by Crippen LogP contribution is 2.21. The zero-order valence-electron chi connectivity index (χ0n) is 9.50. The predicted octanol–water partition coefficient (Wildman–Crippen LogP) is 1.01. The van der Waals surface area contributed by atoms with E-state index in [0.717, 1.165) is 0 Å². The fourth-order valence-corrected chi connectivity index (χ4v) is 1.94. The molecule has 0 radical (unpaired) electrons. The molecule has 0 aliphatic heterocycles. The van der Waals surface area contributed by atoms with Crippen molar-refractivity contribution < 1.29 is 14.7 Å². The minimum Gasteiger partial charge on any atom is -0.476 e. The Balaban J connectivity index is 2.62. The van der Waals surface area contributed by atoms with Crippen molar-refractivity contribution in [3.05, 3.63) is 40.1 Å². The molecule has 0 spiro atoms. The number of primary amides is 1. The molecule has 98 valence electrons. The number of benzene rings is 1. The molecular formula is C11H9BrN4O3. The van der Waals surface area contributed by atoms with Crippen LogP contribution in [0.1, 0.15) is 20.8 Å². The van der Waals surface area contributed by atoms with Crippen LogP contribution in [0.3, 0.4) is 0 Å². The van der Waals surface area contributed by atoms with E-state index in [2.05, 4.69) is 21.0 Å². The molecule has 1 amide bonds. The number of halogens is 1. The van der Waals surface area contributed by atoms with Gasteiger partial charge in [-0.25, -0.2) is 9.48 Å². The van der Waals surface area contributed by atoms with E-state index in [4.69, 9.17) is 16.6 Å². The van der Waals surface area contributed by atoms with Crippen LogP contribution in [-0.4, -0.2) is 26.8 Å². The Hall–Kier alpha value is -2.35. The number of carboxylic acid groups (broad SMARTS) is 1. The van der Waals surface area contributed by atoms with E-state index in [9.17, 15) is 9.59 Å². The molecule has 0 bridgehead atoms. The Kier molecular flexibility index (Phi) is 3.26. The number of anilines is 1. The minimum atomic E-state index is -1.24. The molecule has 7 nitrogen and oxygen atoms in total. The number of nitrogens with zero attached hydrogens (tertiary/aromatic N) is 2. The second-order valence-electron chi connectivity index (χ2n) is 3.71. The third kappa shape index (κ3) is 2.43. The molecule has 0 aliphatic carbocycles. The highest BCUT2D eigenvalue weighted by atomic mass is 79.9. The van der Waals surface area contributed by atoms with Gasteiger partial charge >= 0.3 is 5.97 Å². The molecule has 1 aromatic carbocycles. The average molecular weight is 325 g/mol. The molecule has 1 heterocycles. The molecule has 8 heteroatoms. The van der Waals surface area contributed by atoms with Gasteiger partial charge in [-0.05, 0) is 18.2 Å². The fourth-order valence-electron chi connectivity index (χ4n) is 1.58. The number of hydrogen-bond acceptors (Lipinski definition) is 4. The third-order valence-electron chi connectivity index (χ3n) is 2.42. The summed E-state index contributed by atoms with van der Waals surface area (Å²) >= 11 is 3.22. The van der Waals surface area contributed by atoms with Crippen LogP contribution in [0.2, 0.25) is 0 Å². The van der Waals surface area contributed by atoms with Crippen molar-refractivity contribution in [2.75, 3.05) is 5.73 Å². The Labute approximate surface area is 115 Å². The summed E-state index contributed by atoms with van der Waals surface area (Å²) in [6.07, 6.45) is 1.32. The first kappa shape index (κ1) is 13.1. The summed E-state index contributed by atoms with van der Waals surface area (Å²) in [6, 6.07) is 4.79. The van der Waals surface area contributed by atoms with Gasteiger partial charge in [0.15, 0.2) is 5.69 Å². The average Bonchev–Trinajstić information content (AvgIpc) is 2.71. The van der Waals surface area contributed by atoms with E-state index in [-0.39, 0.29) is 16.9 Å². The summed E-state index contributed by atoms with van der Waals surface area (Å²) in [5, 5.41) is 12.7. The number of aromatic nitrogens is 2. The molecule has 0 aliphatic rings. The highest BCUT2D eigenvalue weighted by Gasteiger charge is 2.17. The number of aromatic carboxylic acids is 1. The molecule has 0 atom stereocenters. The van der Waals surface area contributed by atoms with Crippen molar-refractivity contribution in [2.24, 2.45) is 5.73 Å². The topological polar surface area (TPSA) is 124 Å². The van der Waals surface area contributed by atoms with Gasteiger partial charge in [-0.15, -0.1) is 0 Å². The summed E-state index contributed by atoms with van der Waals surface area (Å²) in [6.45, 7) is 0. The molecular weight excluding hydrogens is 316 g/mol. The van der Waals surface area contributed by atoms with Gasteiger partial charge < -0.3 is 16.6 Å². The SMILES string of the molecule is NC(=O)c1cc(Br)ccc1-n1cc(N)c(C(=O)O)n1. The maximum Gasteiger partial charge on any atom is 0.358 e. The number of nitrogens with two attached hydrogens (primary N) is 2. The number of carbonyl (C=O) groups is 2. The van der Waals surface area contributed by atoms with Crippen LogP contribution in [-0.2, 0) is 0 Å². The Morgan fingerprint density at radius 1 is 1.37 bits per heavy atom. The smallest absolute Gasteiger partial charge is 0.358 e. The van der Waals surface area contributed by atoms with Gasteiger partial charge in [-0.2, -0.15) is 5.10 Å². The van der Waals surface area contributed by atoms with Crippen LogP contribution in [0.15, 0.2) is 28.9 Å². The number of nitrogen functional groups attached to an aromatic ring is 1. The van der Waals surface area contributed by atoms with Crippen molar-refractivity contribution in [2.45, 2.75) is 0 Å². The van der Waals surface area contributed by atoms with Gasteiger partial charge in [0.1, 0.15) is 0 Å². The van der Waals surface area contributed by atoms with Gasteiger partial charge in [0.2, 0.25) is 0 Å². The van der Waals surface area contributed by atoms with Crippen LogP contribution in [0.4, 0.5) is 5.69 Å². The van der Waals surface area contributed by atoms with Crippen LogP contribution < -0.4 is 11.5 Å². The molecule has 5 N–H and O–H groups in total. The maximum atomic E-state index is 11.4. The number of rotatable bonds is 3. The number of carboxylic acids is 1. The largest absolute Gasteiger partial charge is 0.476 e. The Morgan fingerprint density at radius 3 is 2.58 bits per heavy atom. The summed E-state index contributed by atoms with van der Waals surface area (Å²) in [4.78, 5) is 22.3. The summed E-state index contributed by atoms with van der Waals surface area (Å²) < 4.78 is 1.88. The maximum absolute atomic E-state index is 11.4. The molecule has 2 rings (SSSR count). The lowest BCUT2D eigenvalue weighted by Crippen LogP contribution is -2.15. The molecule has 19 heavy (non-hydrogen) atoms. The molecule has 0 saturated heterocycles. The van der Waals surface area contributed by atoms with E-state index < -0.39 is 11.9 Å². The lowest BCUT2D eigenvalue weighted by atomic mass is 10.1. The monoisotopic (exact) mass is 324 g/mol. The number of amides is 1. The lowest BCUT2D eigenvalue weighted by Gasteiger charge is -2.06. The fraction of sp³-hybridized carbons (Fsp3) is 0. The van der Waals surface area contributed by atoms with Crippen molar-refractivity contribution >= 4 is 33.5 Å². The minimum absolute atomic E-state index is 0.00541. The van der Waals surface area contributed by atoms with E-state index in [1.807, 2.05) is 0 Å². The standard InChI is InChI=1S/C11H9BrN4O3/c12-5-1-2-8(6(3-5)10(14)17)16-4-7(13)9(15-16)11(18)19/h1-4H,13H2,(H2,14,17)(H,18,19). The lowest BCUT2D eigenvalue weighted by molar-refractivity contribution is 0.0691. The van der Waals surface area contributed by atoms with Crippen LogP contribution in [0.25, 0.3) is 5.69 Å². The summed E-state index contributed by atoms with van der Waals surface area (Å²) in [5.41, 5.74) is 11.1. The van der Waals surface area contributed by atoms with Crippen LogP contribution in [0, 0.1) is 0 Å². The van der Waals surface area contributed by atoms with E-state index >= 15 is 0 Å². The van der Waals surface area contributed by atoms with Crippen molar-refractivity contribution in [3.8, 4) is 5.69 Å². The van der Waals surface area contributed by atoms with E-state index in [0.29, 0.717) is 10.2 Å². The van der Waals surface area contributed by atoms with Gasteiger partial charge in [0, 0.05) is 4.47 Å². The molecule has 0 unspecified atom stereocenters. The second-order valence-corrected chi connectivity index (χ2v) is 4.62. The van der Waals surface area contributed by atoms with Crippen LogP contribution >= 0.6 is 15.9 Å². The molecule has 1 aromatic heterocycles. The first-order valence-electron chi connectivity index (χ1n) is 5.08. The number of hydrogen-bond donors (Lipinski definition) is 3. The highest BCUT2D eigenvalue weighted by molar-refractivity contribution is 9.10. The van der Waals surface area contributed by atoms with E-state index in [1.165, 1.54) is 16.9 Å². The van der Waals surface area contributed by atoms with Gasteiger partial charge in [-0.3, -0.25) is 4.79 Å². The second kappa shape index (κ2) is 4.73. The summed E-state index contributed by atoms with van der Waals surface area (Å²) in [5.74, 6) is -1.89. The van der Waals surface area contributed by atoms with E-state index in [1.54, 1.807) is 12.1 Å². The quantitative estimate of drug-likeness (QED) is 0.777.